The number of aryl methyl sites for hydroxylation is 1. The quantitative estimate of drug-likeness (QED) is 0.769. The molecule has 1 rings (SSSR count). The number of carbonyl (C=O) groups excluding carboxylic acids is 1. The molecule has 0 aliphatic heterocycles. The highest BCUT2D eigenvalue weighted by Gasteiger charge is 2.11. The molecule has 5 heteroatoms. The average Bonchev–Trinajstić information content (AvgIpc) is 2.60. The molecule has 1 amide bonds. The maximum absolute atomic E-state index is 11.6. The van der Waals surface area contributed by atoms with Crippen molar-refractivity contribution in [2.24, 2.45) is 13.0 Å². The first-order valence-electron chi connectivity index (χ1n) is 5.44. The van der Waals surface area contributed by atoms with Gasteiger partial charge < -0.3 is 10.4 Å². The second kappa shape index (κ2) is 5.65. The highest BCUT2D eigenvalue weighted by Crippen LogP contribution is 2.03. The van der Waals surface area contributed by atoms with Gasteiger partial charge in [0.15, 0.2) is 0 Å². The van der Waals surface area contributed by atoms with Crippen molar-refractivity contribution in [3.63, 3.8) is 0 Å². The van der Waals surface area contributed by atoms with Gasteiger partial charge in [0.05, 0.1) is 17.9 Å². The van der Waals surface area contributed by atoms with Gasteiger partial charge in [-0.25, -0.2) is 0 Å². The number of aliphatic hydroxyl groups is 1. The Balaban J connectivity index is 2.35. The number of aromatic nitrogens is 2. The van der Waals surface area contributed by atoms with Crippen molar-refractivity contribution in [3.05, 3.63) is 18.0 Å². The summed E-state index contributed by atoms with van der Waals surface area (Å²) >= 11 is 0. The zero-order chi connectivity index (χ0) is 12.1. The van der Waals surface area contributed by atoms with E-state index in [4.69, 9.17) is 0 Å². The van der Waals surface area contributed by atoms with E-state index in [-0.39, 0.29) is 12.5 Å². The summed E-state index contributed by atoms with van der Waals surface area (Å²) in [6.07, 6.45) is 3.35. The summed E-state index contributed by atoms with van der Waals surface area (Å²) in [5, 5.41) is 16.2. The predicted octanol–water partition coefficient (Wildman–Crippen LogP) is 0.557. The molecule has 90 valence electrons. The van der Waals surface area contributed by atoms with Crippen LogP contribution < -0.4 is 5.32 Å². The number of amides is 1. The van der Waals surface area contributed by atoms with Crippen LogP contribution in [0.2, 0.25) is 0 Å². The molecule has 5 nitrogen and oxygen atoms in total. The third-order valence-electron chi connectivity index (χ3n) is 2.21. The fourth-order valence-corrected chi connectivity index (χ4v) is 1.48. The standard InChI is InChI=1S/C11H19N3O2/c1-8(2)4-10(15)6-12-11(16)9-5-13-14(3)7-9/h5,7-8,10,15H,4,6H2,1-3H3,(H,12,16). The van der Waals surface area contributed by atoms with E-state index in [1.807, 2.05) is 13.8 Å². The Kier molecular flexibility index (Phi) is 4.49. The highest BCUT2D eigenvalue weighted by atomic mass is 16.3. The predicted molar refractivity (Wildman–Crippen MR) is 61.0 cm³/mol. The van der Waals surface area contributed by atoms with Crippen molar-refractivity contribution < 1.29 is 9.90 Å². The van der Waals surface area contributed by atoms with E-state index in [0.717, 1.165) is 0 Å². The van der Waals surface area contributed by atoms with Crippen molar-refractivity contribution in [2.75, 3.05) is 6.54 Å². The van der Waals surface area contributed by atoms with Crippen molar-refractivity contribution in [3.8, 4) is 0 Å². The van der Waals surface area contributed by atoms with Crippen molar-refractivity contribution in [1.29, 1.82) is 0 Å². The van der Waals surface area contributed by atoms with Gasteiger partial charge in [-0.2, -0.15) is 5.10 Å². The van der Waals surface area contributed by atoms with Crippen molar-refractivity contribution >= 4 is 5.91 Å². The molecule has 1 aromatic heterocycles. The number of nitrogens with zero attached hydrogens (tertiary/aromatic N) is 2. The van der Waals surface area contributed by atoms with E-state index >= 15 is 0 Å². The topological polar surface area (TPSA) is 67.2 Å². The third kappa shape index (κ3) is 4.02. The lowest BCUT2D eigenvalue weighted by atomic mass is 10.1. The van der Waals surface area contributed by atoms with E-state index in [2.05, 4.69) is 10.4 Å². The molecule has 0 spiro atoms. The largest absolute Gasteiger partial charge is 0.391 e. The van der Waals surface area contributed by atoms with Gasteiger partial charge in [0.2, 0.25) is 0 Å². The zero-order valence-electron chi connectivity index (χ0n) is 9.97. The first-order valence-corrected chi connectivity index (χ1v) is 5.44. The Bertz CT molecular complexity index is 347. The maximum atomic E-state index is 11.6. The van der Waals surface area contributed by atoms with Gasteiger partial charge in [-0.1, -0.05) is 13.8 Å². The van der Waals surface area contributed by atoms with E-state index < -0.39 is 6.10 Å². The summed E-state index contributed by atoms with van der Waals surface area (Å²) in [6, 6.07) is 0. The highest BCUT2D eigenvalue weighted by molar-refractivity contribution is 5.93. The number of aliphatic hydroxyl groups excluding tert-OH is 1. The van der Waals surface area contributed by atoms with Crippen LogP contribution in [0.1, 0.15) is 30.6 Å². The van der Waals surface area contributed by atoms with Crippen LogP contribution in [0.25, 0.3) is 0 Å². The first kappa shape index (κ1) is 12.7. The SMILES string of the molecule is CC(C)CC(O)CNC(=O)c1cnn(C)c1. The van der Waals surface area contributed by atoms with Crippen LogP contribution in [0, 0.1) is 5.92 Å². The van der Waals surface area contributed by atoms with Crippen LogP contribution in [0.15, 0.2) is 12.4 Å². The fraction of sp³-hybridized carbons (Fsp3) is 0.636. The Morgan fingerprint density at radius 3 is 2.81 bits per heavy atom. The van der Waals surface area contributed by atoms with Gasteiger partial charge in [0.25, 0.3) is 5.91 Å². The molecule has 0 aliphatic carbocycles. The molecule has 0 aliphatic rings. The minimum atomic E-state index is -0.486. The molecule has 1 aromatic rings. The van der Waals surface area contributed by atoms with Gasteiger partial charge >= 0.3 is 0 Å². The Morgan fingerprint density at radius 2 is 2.31 bits per heavy atom. The summed E-state index contributed by atoms with van der Waals surface area (Å²) in [4.78, 5) is 11.6. The molecular weight excluding hydrogens is 206 g/mol. The summed E-state index contributed by atoms with van der Waals surface area (Å²) in [6.45, 7) is 4.35. The maximum Gasteiger partial charge on any atom is 0.254 e. The second-order valence-electron chi connectivity index (χ2n) is 4.40. The molecule has 0 radical (unpaired) electrons. The van der Waals surface area contributed by atoms with Gasteiger partial charge in [-0.05, 0) is 12.3 Å². The number of hydrogen-bond donors (Lipinski definition) is 2. The van der Waals surface area contributed by atoms with Crippen LogP contribution in [0.3, 0.4) is 0 Å². The van der Waals surface area contributed by atoms with E-state index in [0.29, 0.717) is 17.9 Å². The van der Waals surface area contributed by atoms with Gasteiger partial charge in [0.1, 0.15) is 0 Å². The summed E-state index contributed by atoms with van der Waals surface area (Å²) in [7, 11) is 1.75. The molecular formula is C11H19N3O2. The van der Waals surface area contributed by atoms with Gasteiger partial charge in [-0.15, -0.1) is 0 Å². The Labute approximate surface area is 95.5 Å². The third-order valence-corrected chi connectivity index (χ3v) is 2.21. The van der Waals surface area contributed by atoms with E-state index in [1.165, 1.54) is 6.20 Å². The zero-order valence-corrected chi connectivity index (χ0v) is 9.97. The lowest BCUT2D eigenvalue weighted by Crippen LogP contribution is -2.32. The number of rotatable bonds is 5. The lowest BCUT2D eigenvalue weighted by molar-refractivity contribution is 0.0900. The lowest BCUT2D eigenvalue weighted by Gasteiger charge is -2.13. The van der Waals surface area contributed by atoms with E-state index in [9.17, 15) is 9.90 Å². The number of nitrogens with one attached hydrogen (secondary N) is 1. The molecule has 0 aromatic carbocycles. The van der Waals surface area contributed by atoms with Gasteiger partial charge in [-0.3, -0.25) is 9.48 Å². The average molecular weight is 225 g/mol. The fourth-order valence-electron chi connectivity index (χ4n) is 1.48. The van der Waals surface area contributed by atoms with Crippen LogP contribution in [-0.2, 0) is 7.05 Å². The number of carbonyl (C=O) groups is 1. The number of hydrogen-bond acceptors (Lipinski definition) is 3. The smallest absolute Gasteiger partial charge is 0.254 e. The molecule has 1 atom stereocenters. The van der Waals surface area contributed by atoms with Crippen LogP contribution >= 0.6 is 0 Å². The normalized spacial score (nSPS) is 12.8. The summed E-state index contributed by atoms with van der Waals surface area (Å²) in [5.74, 6) is 0.223. The molecule has 16 heavy (non-hydrogen) atoms. The molecule has 1 unspecified atom stereocenters. The van der Waals surface area contributed by atoms with Gasteiger partial charge in [0, 0.05) is 19.8 Å². The minimum absolute atomic E-state index is 0.198. The molecule has 2 N–H and O–H groups in total. The Morgan fingerprint density at radius 1 is 1.62 bits per heavy atom. The van der Waals surface area contributed by atoms with E-state index in [1.54, 1.807) is 17.9 Å². The summed E-state index contributed by atoms with van der Waals surface area (Å²) < 4.78 is 1.57. The molecule has 0 saturated carbocycles. The first-order chi connectivity index (χ1) is 7.49. The second-order valence-corrected chi connectivity index (χ2v) is 4.40. The van der Waals surface area contributed by atoms with Crippen LogP contribution in [0.5, 0.6) is 0 Å². The van der Waals surface area contributed by atoms with Crippen molar-refractivity contribution in [1.82, 2.24) is 15.1 Å². The van der Waals surface area contributed by atoms with Crippen LogP contribution in [0.4, 0.5) is 0 Å². The Hall–Kier alpha value is -1.36. The minimum Gasteiger partial charge on any atom is -0.391 e. The monoisotopic (exact) mass is 225 g/mol. The molecule has 0 fully saturated rings. The molecule has 0 saturated heterocycles. The van der Waals surface area contributed by atoms with Crippen molar-refractivity contribution in [2.45, 2.75) is 26.4 Å². The molecule has 1 heterocycles. The molecule has 0 bridgehead atoms. The summed E-state index contributed by atoms with van der Waals surface area (Å²) in [5.41, 5.74) is 0.513. The van der Waals surface area contributed by atoms with Crippen LogP contribution in [-0.4, -0.2) is 33.4 Å².